The van der Waals surface area contributed by atoms with Gasteiger partial charge < -0.3 is 50.0 Å². The molecule has 4 atom stereocenters. The fourth-order valence-corrected chi connectivity index (χ4v) is 9.42. The summed E-state index contributed by atoms with van der Waals surface area (Å²) in [6.07, 6.45) is 2.18. The maximum Gasteiger partial charge on any atom is 0.161 e. The molecule has 2 aliphatic heterocycles. The third kappa shape index (κ3) is 10.4. The number of pyridine rings is 2. The van der Waals surface area contributed by atoms with Crippen molar-refractivity contribution in [3.8, 4) is 34.0 Å². The minimum absolute atomic E-state index is 0.0613. The van der Waals surface area contributed by atoms with Gasteiger partial charge in [-0.25, -0.2) is 19.3 Å². The van der Waals surface area contributed by atoms with E-state index < -0.39 is 12.2 Å². The van der Waals surface area contributed by atoms with Crippen LogP contribution in [-0.4, -0.2) is 131 Å². The highest BCUT2D eigenvalue weighted by Crippen LogP contribution is 2.46. The number of aliphatic hydroxyl groups excluding tert-OH is 2. The molecule has 67 heavy (non-hydrogen) atoms. The first kappa shape index (κ1) is 46.7. The summed E-state index contributed by atoms with van der Waals surface area (Å²) in [7, 11) is 3.63. The van der Waals surface area contributed by atoms with Crippen molar-refractivity contribution >= 4 is 33.4 Å². The molecular weight excluding hydrogens is 849 g/mol. The van der Waals surface area contributed by atoms with E-state index in [1.807, 2.05) is 43.0 Å². The maximum atomic E-state index is 10.7. The Morgan fingerprint density at radius 1 is 0.746 bits per heavy atom. The Morgan fingerprint density at radius 3 is 2.09 bits per heavy atom. The number of benzene rings is 2. The monoisotopic (exact) mass is 917 g/mol. The van der Waals surface area contributed by atoms with Crippen molar-refractivity contribution in [2.75, 3.05) is 83.5 Å². The van der Waals surface area contributed by atoms with Crippen molar-refractivity contribution < 1.29 is 29.2 Å². The molecule has 0 amide bonds. The van der Waals surface area contributed by atoms with E-state index in [1.54, 1.807) is 0 Å². The summed E-state index contributed by atoms with van der Waals surface area (Å²) in [4.78, 5) is 13.0. The second-order valence-electron chi connectivity index (χ2n) is 19.0. The number of rotatable bonds is 19. The second-order valence-corrected chi connectivity index (χ2v) is 19.0. The number of nitrogens with zero attached hydrogens (tertiary/aromatic N) is 7. The Balaban J connectivity index is 1.08. The van der Waals surface area contributed by atoms with Crippen LogP contribution in [0.25, 0.3) is 44.6 Å². The van der Waals surface area contributed by atoms with Gasteiger partial charge in [0.25, 0.3) is 0 Å². The zero-order chi connectivity index (χ0) is 46.8. The summed E-state index contributed by atoms with van der Waals surface area (Å²) in [5, 5.41) is 43.5. The second kappa shape index (κ2) is 20.5. The van der Waals surface area contributed by atoms with Crippen LogP contribution in [0.5, 0.6) is 11.5 Å². The van der Waals surface area contributed by atoms with Gasteiger partial charge in [0.05, 0.1) is 58.6 Å². The van der Waals surface area contributed by atoms with Gasteiger partial charge in [-0.3, -0.25) is 0 Å². The minimum atomic E-state index is -0.684. The highest BCUT2D eigenvalue weighted by atomic mass is 16.5. The number of hydrogen-bond donors (Lipinski definition) is 5. The molecule has 2 aromatic carbocycles. The van der Waals surface area contributed by atoms with Crippen LogP contribution < -0.4 is 30.3 Å². The fraction of sp³-hybridized carbons (Fsp3) is 0.529. The van der Waals surface area contributed by atoms with Gasteiger partial charge in [0.1, 0.15) is 36.9 Å². The van der Waals surface area contributed by atoms with E-state index in [4.69, 9.17) is 39.1 Å². The van der Waals surface area contributed by atoms with Crippen molar-refractivity contribution in [3.63, 3.8) is 0 Å². The summed E-state index contributed by atoms with van der Waals surface area (Å²) in [5.74, 6) is 1.72. The molecule has 2 saturated heterocycles. The van der Waals surface area contributed by atoms with Gasteiger partial charge in [-0.1, -0.05) is 12.1 Å². The molecule has 0 spiro atoms. The maximum absolute atomic E-state index is 10.7. The van der Waals surface area contributed by atoms with E-state index in [0.29, 0.717) is 56.7 Å². The minimum Gasteiger partial charge on any atom is -0.491 e. The first-order chi connectivity index (χ1) is 32.5. The Labute approximate surface area is 393 Å². The van der Waals surface area contributed by atoms with Crippen LogP contribution in [0.3, 0.4) is 0 Å². The van der Waals surface area contributed by atoms with Crippen LogP contribution in [0.2, 0.25) is 0 Å². The number of morpholine rings is 1. The molecule has 1 aliphatic carbocycles. The highest BCUT2D eigenvalue weighted by molar-refractivity contribution is 5.96. The van der Waals surface area contributed by atoms with Gasteiger partial charge in [0.2, 0.25) is 0 Å². The van der Waals surface area contributed by atoms with Crippen LogP contribution >= 0.6 is 0 Å². The first-order valence-corrected chi connectivity index (χ1v) is 24.2. The molecule has 16 heteroatoms. The van der Waals surface area contributed by atoms with Crippen molar-refractivity contribution in [2.24, 2.45) is 0 Å². The van der Waals surface area contributed by atoms with Gasteiger partial charge in [-0.2, -0.15) is 10.2 Å². The third-order valence-electron chi connectivity index (χ3n) is 12.9. The first-order valence-electron chi connectivity index (χ1n) is 24.2. The number of anilines is 2. The summed E-state index contributed by atoms with van der Waals surface area (Å²) >= 11 is 0. The van der Waals surface area contributed by atoms with E-state index in [1.165, 1.54) is 0 Å². The number of hydrogen-bond acceptors (Lipinski definition) is 14. The highest BCUT2D eigenvalue weighted by Gasteiger charge is 2.33. The fourth-order valence-electron chi connectivity index (χ4n) is 9.42. The van der Waals surface area contributed by atoms with Crippen molar-refractivity contribution in [2.45, 2.75) is 103 Å². The van der Waals surface area contributed by atoms with Crippen molar-refractivity contribution in [1.82, 2.24) is 40.2 Å². The summed E-state index contributed by atoms with van der Waals surface area (Å²) in [5.41, 5.74) is 10.3. The van der Waals surface area contributed by atoms with Gasteiger partial charge in [0.15, 0.2) is 11.3 Å². The lowest BCUT2D eigenvalue weighted by Crippen LogP contribution is -2.36. The lowest BCUT2D eigenvalue weighted by molar-refractivity contribution is 0.00964. The van der Waals surface area contributed by atoms with Gasteiger partial charge in [0, 0.05) is 73.6 Å². The smallest absolute Gasteiger partial charge is 0.161 e. The number of aliphatic hydroxyl groups is 2. The molecule has 6 aromatic rings. The van der Waals surface area contributed by atoms with Crippen LogP contribution in [0, 0.1) is 6.92 Å². The molecule has 3 fully saturated rings. The predicted molar refractivity (Wildman–Crippen MR) is 263 cm³/mol. The number of ether oxygens (including phenoxy) is 4. The van der Waals surface area contributed by atoms with E-state index in [0.717, 1.165) is 105 Å². The molecular formula is C51H68N10O6. The van der Waals surface area contributed by atoms with Crippen molar-refractivity contribution in [1.29, 1.82) is 0 Å². The molecule has 0 radical (unpaired) electrons. The Kier molecular flexibility index (Phi) is 14.3. The predicted octanol–water partition coefficient (Wildman–Crippen LogP) is 6.94. The number of aryl methyl sites for hydroxylation is 1. The molecule has 4 unspecified atom stereocenters. The van der Waals surface area contributed by atoms with Gasteiger partial charge in [-0.15, -0.1) is 0 Å². The lowest BCUT2D eigenvalue weighted by Gasteiger charge is -2.32. The number of aromatic nitrogens is 6. The van der Waals surface area contributed by atoms with Crippen LogP contribution in [0.4, 0.5) is 11.4 Å². The molecule has 4 aromatic heterocycles. The van der Waals surface area contributed by atoms with Gasteiger partial charge in [-0.05, 0) is 122 Å². The van der Waals surface area contributed by atoms with Crippen LogP contribution in [-0.2, 0) is 9.47 Å². The number of fused-ring (bicyclic) bond motifs is 2. The Morgan fingerprint density at radius 2 is 1.40 bits per heavy atom. The topological polar surface area (TPSA) is 178 Å². The average molecular weight is 917 g/mol. The molecule has 6 heterocycles. The lowest BCUT2D eigenvalue weighted by atomic mass is 9.94. The van der Waals surface area contributed by atoms with Crippen molar-refractivity contribution in [3.05, 3.63) is 71.5 Å². The average Bonchev–Trinajstić information content (AvgIpc) is 4.02. The zero-order valence-corrected chi connectivity index (χ0v) is 40.1. The summed E-state index contributed by atoms with van der Waals surface area (Å²) in [6, 6.07) is 18.8. The molecule has 0 bridgehead atoms. The molecule has 5 N–H and O–H groups in total. The summed E-state index contributed by atoms with van der Waals surface area (Å²) in [6.45, 7) is 15.2. The Hall–Kier alpha value is -5.36. The molecule has 16 nitrogen and oxygen atoms in total. The summed E-state index contributed by atoms with van der Waals surface area (Å²) < 4.78 is 28.9. The largest absolute Gasteiger partial charge is 0.491 e. The van der Waals surface area contributed by atoms with E-state index in [2.05, 4.69) is 90.5 Å². The normalized spacial score (nSPS) is 18.9. The van der Waals surface area contributed by atoms with E-state index >= 15 is 0 Å². The van der Waals surface area contributed by atoms with Crippen LogP contribution in [0.15, 0.2) is 54.6 Å². The molecule has 3 aliphatic rings. The number of likely N-dealkylation sites (N-methyl/N-ethyl adjacent to an activating group) is 2. The molecule has 358 valence electrons. The van der Waals surface area contributed by atoms with Crippen LogP contribution in [0.1, 0.15) is 94.4 Å². The quantitative estimate of drug-likeness (QED) is 0.0564. The van der Waals surface area contributed by atoms with E-state index in [-0.39, 0.29) is 37.4 Å². The standard InChI is InChI=1S/C51H68N10O6/c1-30(2)60-50-47(32(5)57-60)45(59-14-17-64-18-15-59)25-43(56-50)35-19-36(22-41(21-35)67-29-39(63)27-53-7)46-23-37(13-16-65-46)54-44-24-42(34-9-8-10-40(20-34)66-28-38(62)26-52-6)55-51-48(44)49(33-11-12-33)58-61(51)31(3)4/h8-10,19-22,24-25,30-31,33,37-39,46,52-53,62-63H,11-18,23,26-29H2,1-7H3,(H,54,55). The van der Waals surface area contributed by atoms with E-state index in [9.17, 15) is 10.2 Å². The Bertz CT molecular complexity index is 2650. The molecule has 9 rings (SSSR count). The number of nitrogens with one attached hydrogen (secondary N) is 3. The SMILES string of the molecule is CNCC(O)COc1cccc(-c2cc(NC3CCOC(c4cc(OCC(O)CNC)cc(-c5cc(N6CCOCC6)c6c(C)nn(C(C)C)c6n5)c4)C3)c3c(C4CC4)nn(C(C)C)c3n2)c1. The third-order valence-corrected chi connectivity index (χ3v) is 12.9. The van der Waals surface area contributed by atoms with Gasteiger partial charge >= 0.3 is 0 Å². The molecule has 1 saturated carbocycles. The zero-order valence-electron chi connectivity index (χ0n) is 40.1.